The highest BCUT2D eigenvalue weighted by Crippen LogP contribution is 2.29. The smallest absolute Gasteiger partial charge is 0.414 e. The van der Waals surface area contributed by atoms with Gasteiger partial charge in [-0.1, -0.05) is 6.08 Å². The molecule has 2 amide bonds. The molecule has 144 valence electrons. The zero-order valence-corrected chi connectivity index (χ0v) is 15.3. The molecule has 1 aromatic carbocycles. The first-order chi connectivity index (χ1) is 12.9. The SMILES string of the molecule is C/C=C1\CN(c2ccc(N3C[C@H](CNC(C)=O)OC3=O)cc2F)CCC1=O. The summed E-state index contributed by atoms with van der Waals surface area (Å²) in [5.74, 6) is -0.577. The molecular formula is C19H22FN3O4. The molecule has 2 heterocycles. The molecule has 0 aliphatic carbocycles. The van der Waals surface area contributed by atoms with Crippen LogP contribution in [0.15, 0.2) is 29.8 Å². The number of ketones is 1. The first-order valence-electron chi connectivity index (χ1n) is 8.84. The molecule has 2 aliphatic rings. The number of nitrogens with one attached hydrogen (secondary N) is 1. The zero-order chi connectivity index (χ0) is 19.6. The predicted molar refractivity (Wildman–Crippen MR) is 98.3 cm³/mol. The first kappa shape index (κ1) is 18.9. The molecule has 1 atom stereocenters. The van der Waals surface area contributed by atoms with E-state index in [1.54, 1.807) is 25.1 Å². The Bertz CT molecular complexity index is 808. The van der Waals surface area contributed by atoms with E-state index >= 15 is 0 Å². The van der Waals surface area contributed by atoms with Gasteiger partial charge in [-0.15, -0.1) is 0 Å². The zero-order valence-electron chi connectivity index (χ0n) is 15.3. The van der Waals surface area contributed by atoms with Crippen molar-refractivity contribution in [1.82, 2.24) is 5.32 Å². The van der Waals surface area contributed by atoms with Crippen LogP contribution < -0.4 is 15.1 Å². The van der Waals surface area contributed by atoms with Crippen LogP contribution >= 0.6 is 0 Å². The highest BCUT2D eigenvalue weighted by Gasteiger charge is 2.33. The van der Waals surface area contributed by atoms with Gasteiger partial charge in [0, 0.05) is 32.0 Å². The van der Waals surface area contributed by atoms with Crippen LogP contribution in [-0.2, 0) is 14.3 Å². The number of nitrogens with zero attached hydrogens (tertiary/aromatic N) is 2. The van der Waals surface area contributed by atoms with Crippen molar-refractivity contribution >= 4 is 29.2 Å². The third-order valence-electron chi connectivity index (χ3n) is 4.71. The van der Waals surface area contributed by atoms with Gasteiger partial charge in [0.1, 0.15) is 11.9 Å². The molecule has 0 unspecified atom stereocenters. The van der Waals surface area contributed by atoms with E-state index in [1.807, 2.05) is 4.90 Å². The van der Waals surface area contributed by atoms with Crippen molar-refractivity contribution in [3.63, 3.8) is 0 Å². The minimum Gasteiger partial charge on any atom is -0.442 e. The molecule has 27 heavy (non-hydrogen) atoms. The van der Waals surface area contributed by atoms with Crippen molar-refractivity contribution in [2.75, 3.05) is 36.0 Å². The van der Waals surface area contributed by atoms with Gasteiger partial charge in [-0.05, 0) is 25.1 Å². The lowest BCUT2D eigenvalue weighted by Gasteiger charge is -2.30. The highest BCUT2D eigenvalue weighted by molar-refractivity contribution is 5.98. The minimum atomic E-state index is -0.572. The normalized spacial score (nSPS) is 21.6. The number of piperidine rings is 1. The van der Waals surface area contributed by atoms with E-state index in [-0.39, 0.29) is 24.8 Å². The molecule has 8 heteroatoms. The molecule has 2 fully saturated rings. The van der Waals surface area contributed by atoms with Gasteiger partial charge in [0.15, 0.2) is 5.78 Å². The van der Waals surface area contributed by atoms with E-state index < -0.39 is 18.0 Å². The number of benzene rings is 1. The van der Waals surface area contributed by atoms with Gasteiger partial charge in [0.2, 0.25) is 5.91 Å². The Labute approximate surface area is 156 Å². The van der Waals surface area contributed by atoms with Crippen molar-refractivity contribution < 1.29 is 23.5 Å². The number of anilines is 2. The fourth-order valence-electron chi connectivity index (χ4n) is 3.24. The molecule has 2 aliphatic heterocycles. The maximum Gasteiger partial charge on any atom is 0.414 e. The fraction of sp³-hybridized carbons (Fsp3) is 0.421. The summed E-state index contributed by atoms with van der Waals surface area (Å²) >= 11 is 0. The summed E-state index contributed by atoms with van der Waals surface area (Å²) in [6.45, 7) is 4.46. The summed E-state index contributed by atoms with van der Waals surface area (Å²) in [4.78, 5) is 38.0. The van der Waals surface area contributed by atoms with E-state index in [1.165, 1.54) is 17.9 Å². The predicted octanol–water partition coefficient (Wildman–Crippen LogP) is 2.01. The van der Waals surface area contributed by atoms with Crippen molar-refractivity contribution in [2.45, 2.75) is 26.4 Å². The monoisotopic (exact) mass is 375 g/mol. The van der Waals surface area contributed by atoms with E-state index in [4.69, 9.17) is 4.74 Å². The van der Waals surface area contributed by atoms with Gasteiger partial charge >= 0.3 is 6.09 Å². The summed E-state index contributed by atoms with van der Waals surface area (Å²) in [5, 5.41) is 2.60. The molecule has 0 spiro atoms. The number of halogens is 1. The molecule has 0 bridgehead atoms. The molecule has 7 nitrogen and oxygen atoms in total. The van der Waals surface area contributed by atoms with Gasteiger partial charge in [-0.25, -0.2) is 9.18 Å². The van der Waals surface area contributed by atoms with E-state index in [0.29, 0.717) is 36.5 Å². The Hall–Kier alpha value is -2.90. The number of hydrogen-bond acceptors (Lipinski definition) is 5. The number of amides is 2. The maximum atomic E-state index is 14.7. The van der Waals surface area contributed by atoms with Gasteiger partial charge in [-0.2, -0.15) is 0 Å². The Balaban J connectivity index is 1.72. The molecule has 2 saturated heterocycles. The number of allylic oxidation sites excluding steroid dienone is 1. The molecule has 0 saturated carbocycles. The molecule has 3 rings (SSSR count). The van der Waals surface area contributed by atoms with E-state index in [0.717, 1.165) is 0 Å². The average Bonchev–Trinajstić information content (AvgIpc) is 3.01. The second kappa shape index (κ2) is 7.77. The largest absolute Gasteiger partial charge is 0.442 e. The minimum absolute atomic E-state index is 0.0933. The van der Waals surface area contributed by atoms with Crippen LogP contribution in [0.3, 0.4) is 0 Å². The quantitative estimate of drug-likeness (QED) is 0.815. The maximum absolute atomic E-state index is 14.7. The summed E-state index contributed by atoms with van der Waals surface area (Å²) < 4.78 is 19.9. The van der Waals surface area contributed by atoms with Crippen LogP contribution in [0.4, 0.5) is 20.6 Å². The van der Waals surface area contributed by atoms with E-state index in [2.05, 4.69) is 5.32 Å². The van der Waals surface area contributed by atoms with Crippen LogP contribution in [0.2, 0.25) is 0 Å². The molecule has 0 aromatic heterocycles. The molecule has 1 aromatic rings. The topological polar surface area (TPSA) is 79.0 Å². The van der Waals surface area contributed by atoms with Crippen molar-refractivity contribution in [3.8, 4) is 0 Å². The lowest BCUT2D eigenvalue weighted by molar-refractivity contribution is -0.119. The first-order valence-corrected chi connectivity index (χ1v) is 8.84. The lowest BCUT2D eigenvalue weighted by Crippen LogP contribution is -2.36. The fourth-order valence-corrected chi connectivity index (χ4v) is 3.24. The standard InChI is InChI=1S/C19H22FN3O4/c1-3-13-10-22(7-6-18(13)25)17-5-4-14(8-16(17)20)23-11-15(27-19(23)26)9-21-12(2)24/h3-5,8,15H,6-7,9-11H2,1-2H3,(H,21,24)/b13-3+/t15-/m0/s1. The number of Topliss-reactive ketones (excluding diaryl/α,β-unsaturated/α-hetero) is 1. The van der Waals surface area contributed by atoms with Gasteiger partial charge in [0.25, 0.3) is 0 Å². The van der Waals surface area contributed by atoms with Crippen molar-refractivity contribution in [1.29, 1.82) is 0 Å². The Morgan fingerprint density at radius 2 is 2.19 bits per heavy atom. The molecular weight excluding hydrogens is 353 g/mol. The number of hydrogen-bond donors (Lipinski definition) is 1. The lowest BCUT2D eigenvalue weighted by atomic mass is 10.0. The number of carbonyl (C=O) groups is 3. The number of cyclic esters (lactones) is 1. The van der Waals surface area contributed by atoms with Gasteiger partial charge in [-0.3, -0.25) is 14.5 Å². The van der Waals surface area contributed by atoms with Crippen LogP contribution in [0.25, 0.3) is 0 Å². The van der Waals surface area contributed by atoms with Crippen molar-refractivity contribution in [2.24, 2.45) is 0 Å². The summed E-state index contributed by atoms with van der Waals surface area (Å²) in [6.07, 6.45) is 1.06. The Morgan fingerprint density at radius 1 is 1.41 bits per heavy atom. The van der Waals surface area contributed by atoms with Crippen molar-refractivity contribution in [3.05, 3.63) is 35.7 Å². The summed E-state index contributed by atoms with van der Waals surface area (Å²) in [7, 11) is 0. The third-order valence-corrected chi connectivity index (χ3v) is 4.71. The summed E-state index contributed by atoms with van der Waals surface area (Å²) in [6, 6.07) is 4.57. The number of rotatable bonds is 4. The Morgan fingerprint density at radius 3 is 2.85 bits per heavy atom. The van der Waals surface area contributed by atoms with E-state index in [9.17, 15) is 18.8 Å². The second-order valence-corrected chi connectivity index (χ2v) is 6.60. The van der Waals surface area contributed by atoms with Crippen LogP contribution in [0, 0.1) is 5.82 Å². The highest BCUT2D eigenvalue weighted by atomic mass is 19.1. The second-order valence-electron chi connectivity index (χ2n) is 6.60. The summed E-state index contributed by atoms with van der Waals surface area (Å²) in [5.41, 5.74) is 1.47. The number of carbonyl (C=O) groups excluding carboxylic acids is 3. The third kappa shape index (κ3) is 4.10. The molecule has 1 N–H and O–H groups in total. The Kier molecular flexibility index (Phi) is 5.43. The van der Waals surface area contributed by atoms with Gasteiger partial charge in [0.05, 0.1) is 24.5 Å². The van der Waals surface area contributed by atoms with Crippen LogP contribution in [0.1, 0.15) is 20.3 Å². The van der Waals surface area contributed by atoms with Crippen LogP contribution in [0.5, 0.6) is 0 Å². The average molecular weight is 375 g/mol. The van der Waals surface area contributed by atoms with Gasteiger partial charge < -0.3 is 15.0 Å². The van der Waals surface area contributed by atoms with Crippen LogP contribution in [-0.4, -0.2) is 50.1 Å². The molecule has 0 radical (unpaired) electrons. The number of ether oxygens (including phenoxy) is 1.